The highest BCUT2D eigenvalue weighted by Crippen LogP contribution is 2.28. The predicted octanol–water partition coefficient (Wildman–Crippen LogP) is 2.03. The van der Waals surface area contributed by atoms with E-state index in [9.17, 15) is 13.2 Å². The van der Waals surface area contributed by atoms with E-state index in [1.807, 2.05) is 6.92 Å². The molecule has 1 aromatic rings. The van der Waals surface area contributed by atoms with Crippen molar-refractivity contribution >= 4 is 43.3 Å². The quantitative estimate of drug-likeness (QED) is 0.594. The second-order valence-corrected chi connectivity index (χ2v) is 6.99. The average molecular weight is 365 g/mol. The lowest BCUT2D eigenvalue weighted by Gasteiger charge is -2.11. The molecule has 0 aromatic heterocycles. The van der Waals surface area contributed by atoms with Crippen LogP contribution in [0.25, 0.3) is 0 Å². The lowest BCUT2D eigenvalue weighted by Crippen LogP contribution is -2.18. The number of anilines is 2. The number of nitrogens with one attached hydrogen (secondary N) is 1. The molecule has 0 saturated heterocycles. The van der Waals surface area contributed by atoms with Gasteiger partial charge in [0.1, 0.15) is 0 Å². The maximum atomic E-state index is 11.9. The lowest BCUT2D eigenvalue weighted by atomic mass is 10.2. The van der Waals surface area contributed by atoms with Gasteiger partial charge in [-0.25, -0.2) is 8.42 Å². The van der Waals surface area contributed by atoms with Crippen LogP contribution in [-0.4, -0.2) is 27.2 Å². The zero-order chi connectivity index (χ0) is 15.3. The van der Waals surface area contributed by atoms with Crippen molar-refractivity contribution in [2.45, 2.75) is 19.8 Å². The van der Waals surface area contributed by atoms with Crippen molar-refractivity contribution in [2.24, 2.45) is 0 Å². The van der Waals surface area contributed by atoms with Gasteiger partial charge in [-0.3, -0.25) is 9.52 Å². The van der Waals surface area contributed by atoms with Gasteiger partial charge in [-0.15, -0.1) is 0 Å². The molecule has 0 fully saturated rings. The molecule has 0 atom stereocenters. The van der Waals surface area contributed by atoms with Crippen LogP contribution in [0, 0.1) is 6.92 Å². The normalized spacial score (nSPS) is 11.2. The number of nitrogen functional groups attached to an aromatic ring is 1. The molecule has 8 heteroatoms. The third kappa shape index (κ3) is 5.01. The Bertz CT molecular complexity index is 602. The Hall–Kier alpha value is -1.28. The molecule has 0 heterocycles. The fraction of sp³-hybridized carbons (Fsp3) is 0.417. The van der Waals surface area contributed by atoms with Crippen molar-refractivity contribution in [1.29, 1.82) is 0 Å². The van der Waals surface area contributed by atoms with Gasteiger partial charge in [-0.05, 0) is 47.0 Å². The Kier molecular flexibility index (Phi) is 5.82. The average Bonchev–Trinajstić information content (AvgIpc) is 2.35. The molecule has 0 unspecified atom stereocenters. The summed E-state index contributed by atoms with van der Waals surface area (Å²) in [6.07, 6.45) is 0.260. The van der Waals surface area contributed by atoms with Gasteiger partial charge in [0.05, 0.1) is 18.6 Å². The van der Waals surface area contributed by atoms with E-state index >= 15 is 0 Å². The van der Waals surface area contributed by atoms with Crippen LogP contribution < -0.4 is 10.5 Å². The van der Waals surface area contributed by atoms with Gasteiger partial charge < -0.3 is 10.5 Å². The second kappa shape index (κ2) is 6.94. The van der Waals surface area contributed by atoms with Crippen LogP contribution >= 0.6 is 15.9 Å². The number of carbonyl (C=O) groups is 1. The van der Waals surface area contributed by atoms with E-state index < -0.39 is 16.0 Å². The van der Waals surface area contributed by atoms with Crippen LogP contribution in [0.4, 0.5) is 11.4 Å². The van der Waals surface area contributed by atoms with Gasteiger partial charge >= 0.3 is 5.97 Å². The fourth-order valence-electron chi connectivity index (χ4n) is 1.49. The summed E-state index contributed by atoms with van der Waals surface area (Å²) >= 11 is 3.28. The van der Waals surface area contributed by atoms with Crippen LogP contribution in [-0.2, 0) is 19.6 Å². The van der Waals surface area contributed by atoms with Crippen LogP contribution in [0.5, 0.6) is 0 Å². The maximum absolute atomic E-state index is 11.9. The third-order valence-corrected chi connectivity index (χ3v) is 4.66. The fourth-order valence-corrected chi connectivity index (χ4v) is 3.31. The van der Waals surface area contributed by atoms with Crippen LogP contribution in [0.3, 0.4) is 0 Å². The Morgan fingerprint density at radius 1 is 1.45 bits per heavy atom. The summed E-state index contributed by atoms with van der Waals surface area (Å²) in [5.41, 5.74) is 7.48. The molecule has 1 aromatic carbocycles. The van der Waals surface area contributed by atoms with Crippen molar-refractivity contribution in [1.82, 2.24) is 0 Å². The minimum atomic E-state index is -3.53. The molecule has 1 rings (SSSR count). The maximum Gasteiger partial charge on any atom is 0.305 e. The first kappa shape index (κ1) is 16.8. The molecule has 112 valence electrons. The number of methoxy groups -OCH3 is 1. The molecular formula is C12H17BrN2O4S. The molecule has 20 heavy (non-hydrogen) atoms. The third-order valence-electron chi connectivity index (χ3n) is 2.64. The largest absolute Gasteiger partial charge is 0.469 e. The number of nitrogens with two attached hydrogens (primary N) is 1. The van der Waals surface area contributed by atoms with Gasteiger partial charge in [-0.2, -0.15) is 0 Å². The number of halogens is 1. The van der Waals surface area contributed by atoms with E-state index in [0.717, 1.165) is 5.56 Å². The predicted molar refractivity (Wildman–Crippen MR) is 82.0 cm³/mol. The van der Waals surface area contributed by atoms with Crippen LogP contribution in [0.1, 0.15) is 18.4 Å². The summed E-state index contributed by atoms with van der Waals surface area (Å²) in [5, 5.41) is 0. The molecule has 3 N–H and O–H groups in total. The molecule has 0 bridgehead atoms. The van der Waals surface area contributed by atoms with E-state index in [4.69, 9.17) is 5.73 Å². The Morgan fingerprint density at radius 2 is 2.10 bits per heavy atom. The molecule has 0 amide bonds. The SMILES string of the molecule is COC(=O)CCCS(=O)(=O)Nc1cc(N)c(C)cc1Br. The number of aryl methyl sites for hydroxylation is 1. The number of rotatable bonds is 6. The summed E-state index contributed by atoms with van der Waals surface area (Å²) in [5.74, 6) is -0.594. The Labute approximate surface area is 126 Å². The van der Waals surface area contributed by atoms with E-state index in [0.29, 0.717) is 15.8 Å². The zero-order valence-electron chi connectivity index (χ0n) is 11.3. The van der Waals surface area contributed by atoms with E-state index in [1.54, 1.807) is 12.1 Å². The standard InChI is InChI=1S/C12H17BrN2O4S/c1-8-6-9(13)11(7-10(8)14)15-20(17,18)5-3-4-12(16)19-2/h6-7,15H,3-5,14H2,1-2H3. The van der Waals surface area contributed by atoms with Crippen molar-refractivity contribution in [3.63, 3.8) is 0 Å². The lowest BCUT2D eigenvalue weighted by molar-refractivity contribution is -0.140. The van der Waals surface area contributed by atoms with E-state index in [-0.39, 0.29) is 18.6 Å². The summed E-state index contributed by atoms with van der Waals surface area (Å²) in [6, 6.07) is 3.29. The number of sulfonamides is 1. The topological polar surface area (TPSA) is 98.5 Å². The van der Waals surface area contributed by atoms with Gasteiger partial charge in [0, 0.05) is 16.6 Å². The number of hydrogen-bond acceptors (Lipinski definition) is 5. The van der Waals surface area contributed by atoms with Crippen molar-refractivity contribution in [2.75, 3.05) is 23.3 Å². The molecule has 0 aliphatic carbocycles. The van der Waals surface area contributed by atoms with Gasteiger partial charge in [0.15, 0.2) is 0 Å². The first-order valence-corrected chi connectivity index (χ1v) is 8.32. The van der Waals surface area contributed by atoms with E-state index in [1.165, 1.54) is 7.11 Å². The summed E-state index contributed by atoms with van der Waals surface area (Å²) in [4.78, 5) is 10.9. The summed E-state index contributed by atoms with van der Waals surface area (Å²) in [7, 11) is -2.27. The van der Waals surface area contributed by atoms with Crippen molar-refractivity contribution < 1.29 is 17.9 Å². The van der Waals surface area contributed by atoms with Crippen LogP contribution in [0.2, 0.25) is 0 Å². The minimum Gasteiger partial charge on any atom is -0.469 e. The molecule has 6 nitrogen and oxygen atoms in total. The first-order valence-electron chi connectivity index (χ1n) is 5.88. The molecule has 0 aliphatic heterocycles. The number of hydrogen-bond donors (Lipinski definition) is 2. The number of benzene rings is 1. The second-order valence-electron chi connectivity index (χ2n) is 4.29. The van der Waals surface area contributed by atoms with Gasteiger partial charge in [0.2, 0.25) is 10.0 Å². The molecule has 0 aliphatic rings. The number of ether oxygens (including phenoxy) is 1. The van der Waals surface area contributed by atoms with Crippen molar-refractivity contribution in [3.8, 4) is 0 Å². The molecule has 0 saturated carbocycles. The zero-order valence-corrected chi connectivity index (χ0v) is 13.7. The van der Waals surface area contributed by atoms with Gasteiger partial charge in [0.25, 0.3) is 0 Å². The monoisotopic (exact) mass is 364 g/mol. The number of carbonyl (C=O) groups excluding carboxylic acids is 1. The minimum absolute atomic E-state index is 0.0641. The van der Waals surface area contributed by atoms with Crippen molar-refractivity contribution in [3.05, 3.63) is 22.2 Å². The Morgan fingerprint density at radius 3 is 2.70 bits per heavy atom. The highest BCUT2D eigenvalue weighted by Gasteiger charge is 2.14. The Balaban J connectivity index is 2.71. The first-order chi connectivity index (χ1) is 9.25. The van der Waals surface area contributed by atoms with Crippen LogP contribution in [0.15, 0.2) is 16.6 Å². The summed E-state index contributed by atoms with van der Waals surface area (Å²) < 4.78 is 31.3. The number of esters is 1. The highest BCUT2D eigenvalue weighted by molar-refractivity contribution is 9.10. The molecule has 0 radical (unpaired) electrons. The molecular weight excluding hydrogens is 348 g/mol. The summed E-state index contributed by atoms with van der Waals surface area (Å²) in [6.45, 7) is 1.83. The smallest absolute Gasteiger partial charge is 0.305 e. The highest BCUT2D eigenvalue weighted by atomic mass is 79.9. The molecule has 0 spiro atoms. The van der Waals surface area contributed by atoms with Gasteiger partial charge in [-0.1, -0.05) is 0 Å². The van der Waals surface area contributed by atoms with E-state index in [2.05, 4.69) is 25.4 Å².